The highest BCUT2D eigenvalue weighted by molar-refractivity contribution is 7.09. The molecule has 0 radical (unpaired) electrons. The summed E-state index contributed by atoms with van der Waals surface area (Å²) < 4.78 is 0. The van der Waals surface area contributed by atoms with Crippen LogP contribution in [-0.4, -0.2) is 28.8 Å². The van der Waals surface area contributed by atoms with E-state index in [0.717, 1.165) is 38.2 Å². The summed E-state index contributed by atoms with van der Waals surface area (Å²) in [5.41, 5.74) is 6.67. The second kappa shape index (κ2) is 4.93. The van der Waals surface area contributed by atoms with Gasteiger partial charge in [-0.1, -0.05) is 0 Å². The number of nitrogens with one attached hydrogen (secondary N) is 1. The van der Waals surface area contributed by atoms with Gasteiger partial charge in [-0.15, -0.1) is 11.3 Å². The number of thiazole rings is 1. The first-order valence-corrected chi connectivity index (χ1v) is 6.50. The quantitative estimate of drug-likeness (QED) is 0.621. The molecule has 0 aromatic carbocycles. The van der Waals surface area contributed by atoms with Crippen molar-refractivity contribution in [3.63, 3.8) is 0 Å². The molecule has 0 aliphatic carbocycles. The Morgan fingerprint density at radius 3 is 3.19 bits per heavy atom. The fraction of sp³-hybridized carbons (Fsp3) is 0.636. The Bertz CT molecular complexity index is 374. The van der Waals surface area contributed by atoms with Crippen LogP contribution in [0, 0.1) is 18.3 Å². The number of hydrogen-bond acceptors (Lipinski definition) is 4. The van der Waals surface area contributed by atoms with E-state index in [1.807, 2.05) is 6.92 Å². The number of nitrogens with two attached hydrogens (primary N) is 1. The first kappa shape index (κ1) is 11.5. The van der Waals surface area contributed by atoms with E-state index < -0.39 is 0 Å². The molecule has 16 heavy (non-hydrogen) atoms. The van der Waals surface area contributed by atoms with Crippen molar-refractivity contribution in [1.29, 1.82) is 5.41 Å². The summed E-state index contributed by atoms with van der Waals surface area (Å²) in [4.78, 5) is 6.82. The van der Waals surface area contributed by atoms with Crippen molar-refractivity contribution in [2.75, 3.05) is 13.1 Å². The Kier molecular flexibility index (Phi) is 3.56. The van der Waals surface area contributed by atoms with Crippen LogP contribution in [0.25, 0.3) is 0 Å². The van der Waals surface area contributed by atoms with Crippen molar-refractivity contribution in [2.24, 2.45) is 11.7 Å². The van der Waals surface area contributed by atoms with Crippen molar-refractivity contribution in [2.45, 2.75) is 26.3 Å². The highest BCUT2D eigenvalue weighted by atomic mass is 32.1. The Morgan fingerprint density at radius 2 is 2.56 bits per heavy atom. The third kappa shape index (κ3) is 2.80. The number of amidine groups is 1. The van der Waals surface area contributed by atoms with E-state index in [0.29, 0.717) is 5.84 Å². The zero-order valence-corrected chi connectivity index (χ0v) is 10.4. The van der Waals surface area contributed by atoms with Crippen LogP contribution < -0.4 is 5.73 Å². The minimum atomic E-state index is 0.245. The van der Waals surface area contributed by atoms with Crippen molar-refractivity contribution >= 4 is 17.2 Å². The summed E-state index contributed by atoms with van der Waals surface area (Å²) >= 11 is 1.72. The van der Waals surface area contributed by atoms with Crippen LogP contribution in [-0.2, 0) is 6.54 Å². The molecule has 1 aromatic heterocycles. The van der Waals surface area contributed by atoms with Crippen LogP contribution in [0.5, 0.6) is 0 Å². The zero-order chi connectivity index (χ0) is 11.5. The van der Waals surface area contributed by atoms with E-state index in [1.165, 1.54) is 5.01 Å². The maximum Gasteiger partial charge on any atom is 0.107 e. The lowest BCUT2D eigenvalue weighted by atomic mass is 9.97. The van der Waals surface area contributed by atoms with Crippen molar-refractivity contribution < 1.29 is 0 Å². The molecule has 3 N–H and O–H groups in total. The van der Waals surface area contributed by atoms with Gasteiger partial charge in [-0.2, -0.15) is 0 Å². The standard InChI is InChI=1S/C11H18N4S/c1-8-7-16-10(14-8)6-15-4-2-3-9(5-15)11(12)13/h7,9H,2-6H2,1H3,(H3,12,13). The molecule has 2 heterocycles. The summed E-state index contributed by atoms with van der Waals surface area (Å²) in [5.74, 6) is 0.579. The van der Waals surface area contributed by atoms with E-state index in [1.54, 1.807) is 11.3 Å². The molecule has 1 aliphatic rings. The van der Waals surface area contributed by atoms with E-state index in [-0.39, 0.29) is 5.92 Å². The molecule has 1 aliphatic heterocycles. The molecule has 0 bridgehead atoms. The molecule has 4 nitrogen and oxygen atoms in total. The van der Waals surface area contributed by atoms with E-state index in [9.17, 15) is 0 Å². The van der Waals surface area contributed by atoms with Gasteiger partial charge < -0.3 is 5.73 Å². The molecule has 1 saturated heterocycles. The van der Waals surface area contributed by atoms with Crippen LogP contribution in [0.4, 0.5) is 0 Å². The minimum absolute atomic E-state index is 0.245. The summed E-state index contributed by atoms with van der Waals surface area (Å²) in [6.07, 6.45) is 2.19. The number of aryl methyl sites for hydroxylation is 1. The monoisotopic (exact) mass is 238 g/mol. The average molecular weight is 238 g/mol. The summed E-state index contributed by atoms with van der Waals surface area (Å²) in [6, 6.07) is 0. The molecule has 0 spiro atoms. The average Bonchev–Trinajstić information content (AvgIpc) is 2.64. The van der Waals surface area contributed by atoms with Gasteiger partial charge in [0.15, 0.2) is 0 Å². The molecular weight excluding hydrogens is 220 g/mol. The molecule has 88 valence electrons. The van der Waals surface area contributed by atoms with Crippen LogP contribution in [0.3, 0.4) is 0 Å². The summed E-state index contributed by atoms with van der Waals surface area (Å²) in [6.45, 7) is 4.94. The third-order valence-corrected chi connectivity index (χ3v) is 3.92. The van der Waals surface area contributed by atoms with E-state index >= 15 is 0 Å². The predicted octanol–water partition coefficient (Wildman–Crippen LogP) is 1.60. The molecule has 1 atom stereocenters. The van der Waals surface area contributed by atoms with Gasteiger partial charge in [0.2, 0.25) is 0 Å². The van der Waals surface area contributed by atoms with Crippen LogP contribution >= 0.6 is 11.3 Å². The van der Waals surface area contributed by atoms with Crippen molar-refractivity contribution in [1.82, 2.24) is 9.88 Å². The van der Waals surface area contributed by atoms with Crippen molar-refractivity contribution in [3.8, 4) is 0 Å². The normalized spacial score (nSPS) is 22.2. The minimum Gasteiger partial charge on any atom is -0.387 e. The number of nitrogens with zero attached hydrogens (tertiary/aromatic N) is 2. The topological polar surface area (TPSA) is 66.0 Å². The lowest BCUT2D eigenvalue weighted by molar-refractivity contribution is 0.195. The SMILES string of the molecule is Cc1csc(CN2CCCC(C(=N)N)C2)n1. The van der Waals surface area contributed by atoms with Crippen LogP contribution in [0.1, 0.15) is 23.5 Å². The van der Waals surface area contributed by atoms with Crippen LogP contribution in [0.15, 0.2) is 5.38 Å². The third-order valence-electron chi connectivity index (χ3n) is 2.97. The number of rotatable bonds is 3. The lowest BCUT2D eigenvalue weighted by Gasteiger charge is -2.31. The molecule has 1 unspecified atom stereocenters. The molecule has 1 aromatic rings. The van der Waals surface area contributed by atoms with E-state index in [2.05, 4.69) is 15.3 Å². The molecule has 0 saturated carbocycles. The van der Waals surface area contributed by atoms with Gasteiger partial charge in [0.05, 0.1) is 12.4 Å². The van der Waals surface area contributed by atoms with E-state index in [4.69, 9.17) is 11.1 Å². The Morgan fingerprint density at radius 1 is 1.75 bits per heavy atom. The number of piperidine rings is 1. The molecule has 5 heteroatoms. The fourth-order valence-corrected chi connectivity index (χ4v) is 2.93. The zero-order valence-electron chi connectivity index (χ0n) is 9.57. The largest absolute Gasteiger partial charge is 0.387 e. The molecule has 1 fully saturated rings. The maximum absolute atomic E-state index is 7.50. The highest BCUT2D eigenvalue weighted by Crippen LogP contribution is 2.19. The Balaban J connectivity index is 1.92. The molecule has 0 amide bonds. The predicted molar refractivity (Wildman–Crippen MR) is 66.8 cm³/mol. The first-order chi connectivity index (χ1) is 7.65. The molecule has 2 rings (SSSR count). The van der Waals surface area contributed by atoms with Gasteiger partial charge in [-0.05, 0) is 26.3 Å². The highest BCUT2D eigenvalue weighted by Gasteiger charge is 2.22. The number of aromatic nitrogens is 1. The fourth-order valence-electron chi connectivity index (χ4n) is 2.12. The van der Waals surface area contributed by atoms with Crippen molar-refractivity contribution in [3.05, 3.63) is 16.1 Å². The van der Waals surface area contributed by atoms with Gasteiger partial charge in [0.25, 0.3) is 0 Å². The lowest BCUT2D eigenvalue weighted by Crippen LogP contribution is -2.40. The van der Waals surface area contributed by atoms with Gasteiger partial charge in [-0.3, -0.25) is 10.3 Å². The van der Waals surface area contributed by atoms with Crippen LogP contribution in [0.2, 0.25) is 0 Å². The summed E-state index contributed by atoms with van der Waals surface area (Å²) in [5, 5.41) is 10.8. The van der Waals surface area contributed by atoms with Gasteiger partial charge in [-0.25, -0.2) is 4.98 Å². The second-order valence-corrected chi connectivity index (χ2v) is 5.35. The second-order valence-electron chi connectivity index (χ2n) is 4.41. The summed E-state index contributed by atoms with van der Waals surface area (Å²) in [7, 11) is 0. The smallest absolute Gasteiger partial charge is 0.107 e. The Hall–Kier alpha value is -0.940. The van der Waals surface area contributed by atoms with Gasteiger partial charge in [0.1, 0.15) is 5.01 Å². The van der Waals surface area contributed by atoms with Gasteiger partial charge in [0, 0.05) is 23.5 Å². The van der Waals surface area contributed by atoms with Gasteiger partial charge >= 0.3 is 0 Å². The number of hydrogen-bond donors (Lipinski definition) is 2. The number of likely N-dealkylation sites (tertiary alicyclic amines) is 1. The Labute approximate surface area is 100.0 Å². The maximum atomic E-state index is 7.50. The molecular formula is C11H18N4S. The first-order valence-electron chi connectivity index (χ1n) is 5.62.